The van der Waals surface area contributed by atoms with E-state index < -0.39 is 6.67 Å². The van der Waals surface area contributed by atoms with E-state index in [1.165, 1.54) is 37.7 Å². The Kier molecular flexibility index (Phi) is 6.51. The van der Waals surface area contributed by atoms with E-state index in [0.717, 1.165) is 6.42 Å². The normalized spacial score (nSPS) is 17.2. The Morgan fingerprint density at radius 3 is 2.62 bits per heavy atom. The highest BCUT2D eigenvalue weighted by molar-refractivity contribution is 5.74. The van der Waals surface area contributed by atoms with Crippen molar-refractivity contribution in [3.05, 3.63) is 35.9 Å². The molecule has 21 heavy (non-hydrogen) atoms. The van der Waals surface area contributed by atoms with Gasteiger partial charge >= 0.3 is 6.03 Å². The minimum atomic E-state index is -0.528. The number of hydrogen-bond donors (Lipinski definition) is 2. The van der Waals surface area contributed by atoms with Crippen molar-refractivity contribution in [3.63, 3.8) is 0 Å². The number of alkyl halides is 1. The number of amides is 2. The molecule has 120 valence electrons. The van der Waals surface area contributed by atoms with E-state index in [2.05, 4.69) is 22.8 Å². The molecule has 0 bridgehead atoms. The average molecular weight is 296 g/mol. The second kappa shape index (κ2) is 8.65. The lowest BCUT2D eigenvalue weighted by Crippen LogP contribution is -2.47. The van der Waals surface area contributed by atoms with Gasteiger partial charge in [0, 0.05) is 15.4 Å². The van der Waals surface area contributed by atoms with E-state index >= 15 is 0 Å². The van der Waals surface area contributed by atoms with Gasteiger partial charge in [-0.3, -0.25) is 0 Å². The predicted octanol–water partition coefficient (Wildman–Crippen LogP) is 3.94. The van der Waals surface area contributed by atoms with Gasteiger partial charge in [-0.05, 0) is 30.7 Å². The van der Waals surface area contributed by atoms with Crippen molar-refractivity contribution in [3.8, 4) is 0 Å². The smallest absolute Gasteiger partial charge is 0.315 e. The largest absolute Gasteiger partial charge is 0.336 e. The van der Waals surface area contributed by atoms with Crippen LogP contribution < -0.4 is 10.6 Å². The molecule has 1 atom stereocenters. The van der Waals surface area contributed by atoms with Crippen LogP contribution >= 0.6 is 0 Å². The zero-order valence-corrected chi connectivity index (χ0v) is 12.5. The third kappa shape index (κ3) is 5.37. The molecule has 0 radical (unpaired) electrons. The number of halogens is 1. The van der Waals surface area contributed by atoms with E-state index in [1.807, 2.05) is 18.2 Å². The molecule has 1 aromatic rings. The Bertz CT molecular complexity index is 428. The molecule has 0 aliphatic heterocycles. The lowest BCUT2D eigenvalue weighted by Gasteiger charge is -2.31. The Morgan fingerprint density at radius 1 is 1.24 bits per heavy atom. The summed E-state index contributed by atoms with van der Waals surface area (Å²) in [4.78, 5) is 11.9. The molecule has 1 aliphatic carbocycles. The first kappa shape index (κ1) is 15.8. The molecule has 1 unspecified atom stereocenters. The van der Waals surface area contributed by atoms with Crippen LogP contribution in [0.5, 0.6) is 0 Å². The highest BCUT2D eigenvalue weighted by Gasteiger charge is 2.25. The number of hydrogen-bond acceptors (Lipinski definition) is 1. The van der Waals surface area contributed by atoms with Crippen LogP contribution in [-0.2, 0) is 6.42 Å². The summed E-state index contributed by atoms with van der Waals surface area (Å²) in [5.41, 5.74) is 1.24. The number of carbonyl (C=O) groups is 1. The second-order valence-electron chi connectivity index (χ2n) is 5.78. The van der Waals surface area contributed by atoms with Crippen LogP contribution in [0.3, 0.4) is 0 Å². The average Bonchev–Trinajstić information content (AvgIpc) is 2.54. The van der Waals surface area contributed by atoms with Crippen LogP contribution in [0.25, 0.3) is 0 Å². The Labute approximate surface area is 129 Å². The standard InChI is InChI=1S/C17H25FN2O.2H2/c18-11-12-19-17(21)20-16(15-9-5-2-6-10-15)13-14-7-3-1-4-8-14;;/h1,3-4,7-8,15-16H,2,5-6,9-13H2,(H2,19,20,21);2*1H. The van der Waals surface area contributed by atoms with E-state index in [0.29, 0.717) is 5.92 Å². The van der Waals surface area contributed by atoms with Crippen molar-refractivity contribution >= 4 is 6.03 Å². The van der Waals surface area contributed by atoms with Crippen LogP contribution in [0.15, 0.2) is 30.3 Å². The van der Waals surface area contributed by atoms with Crippen molar-refractivity contribution in [2.45, 2.75) is 44.6 Å². The van der Waals surface area contributed by atoms with E-state index in [4.69, 9.17) is 0 Å². The summed E-state index contributed by atoms with van der Waals surface area (Å²) in [5.74, 6) is 0.523. The van der Waals surface area contributed by atoms with Crippen molar-refractivity contribution in [1.82, 2.24) is 10.6 Å². The number of urea groups is 1. The lowest BCUT2D eigenvalue weighted by molar-refractivity contribution is 0.220. The molecule has 2 amide bonds. The molecule has 0 spiro atoms. The second-order valence-corrected chi connectivity index (χ2v) is 5.78. The minimum absolute atomic E-state index is 0. The zero-order chi connectivity index (χ0) is 14.9. The van der Waals surface area contributed by atoms with Gasteiger partial charge in [-0.25, -0.2) is 9.18 Å². The van der Waals surface area contributed by atoms with Crippen molar-refractivity contribution < 1.29 is 12.0 Å². The molecule has 2 N–H and O–H groups in total. The fraction of sp³-hybridized carbons (Fsp3) is 0.588. The summed E-state index contributed by atoms with van der Waals surface area (Å²) in [7, 11) is 0. The summed E-state index contributed by atoms with van der Waals surface area (Å²) in [5, 5.41) is 5.62. The van der Waals surface area contributed by atoms with Crippen LogP contribution in [0.2, 0.25) is 0 Å². The molecular weight excluding hydrogens is 267 g/mol. The minimum Gasteiger partial charge on any atom is -0.336 e. The van der Waals surface area contributed by atoms with E-state index in [-0.39, 0.29) is 21.5 Å². The summed E-state index contributed by atoms with van der Waals surface area (Å²) < 4.78 is 12.1. The third-order valence-electron chi connectivity index (χ3n) is 4.21. The first-order chi connectivity index (χ1) is 10.3. The van der Waals surface area contributed by atoms with Crippen LogP contribution in [0, 0.1) is 5.92 Å². The fourth-order valence-electron chi connectivity index (χ4n) is 3.12. The van der Waals surface area contributed by atoms with E-state index in [1.54, 1.807) is 0 Å². The van der Waals surface area contributed by atoms with Crippen LogP contribution in [0.4, 0.5) is 9.18 Å². The maximum Gasteiger partial charge on any atom is 0.315 e. The monoisotopic (exact) mass is 296 g/mol. The third-order valence-corrected chi connectivity index (χ3v) is 4.21. The fourth-order valence-corrected chi connectivity index (χ4v) is 3.12. The van der Waals surface area contributed by atoms with E-state index in [9.17, 15) is 9.18 Å². The van der Waals surface area contributed by atoms with Gasteiger partial charge in [0.05, 0.1) is 0 Å². The molecule has 1 aromatic carbocycles. The highest BCUT2D eigenvalue weighted by Crippen LogP contribution is 2.28. The van der Waals surface area contributed by atoms with Gasteiger partial charge in [0.15, 0.2) is 0 Å². The molecular formula is C17H29FN2O. The van der Waals surface area contributed by atoms with Gasteiger partial charge in [-0.15, -0.1) is 0 Å². The first-order valence-electron chi connectivity index (χ1n) is 7.94. The molecule has 1 saturated carbocycles. The summed E-state index contributed by atoms with van der Waals surface area (Å²) in [6.45, 7) is -0.450. The predicted molar refractivity (Wildman–Crippen MR) is 87.2 cm³/mol. The number of nitrogens with one attached hydrogen (secondary N) is 2. The Hall–Kier alpha value is -1.58. The van der Waals surface area contributed by atoms with Gasteiger partial charge in [0.1, 0.15) is 6.67 Å². The molecule has 1 aliphatic rings. The Morgan fingerprint density at radius 2 is 1.95 bits per heavy atom. The topological polar surface area (TPSA) is 41.1 Å². The Balaban J connectivity index is 0.00000242. The first-order valence-corrected chi connectivity index (χ1v) is 7.94. The summed E-state index contributed by atoms with van der Waals surface area (Å²) in [6.07, 6.45) is 6.95. The molecule has 0 heterocycles. The van der Waals surface area contributed by atoms with Gasteiger partial charge in [-0.2, -0.15) is 0 Å². The summed E-state index contributed by atoms with van der Waals surface area (Å²) >= 11 is 0. The van der Waals surface area contributed by atoms with Gasteiger partial charge in [-0.1, -0.05) is 49.6 Å². The SMILES string of the molecule is O=C(NCCF)NC(Cc1ccccc1)C1CCCCC1.[HH].[HH]. The lowest BCUT2D eigenvalue weighted by atomic mass is 9.81. The maximum atomic E-state index is 12.1. The van der Waals surface area contributed by atoms with Crippen LogP contribution in [0.1, 0.15) is 40.5 Å². The van der Waals surface area contributed by atoms with Crippen molar-refractivity contribution in [1.29, 1.82) is 0 Å². The molecule has 2 rings (SSSR count). The molecule has 3 nitrogen and oxygen atoms in total. The van der Waals surface area contributed by atoms with Crippen molar-refractivity contribution in [2.75, 3.05) is 13.2 Å². The molecule has 4 heteroatoms. The van der Waals surface area contributed by atoms with Gasteiger partial charge in [0.25, 0.3) is 0 Å². The van der Waals surface area contributed by atoms with Gasteiger partial charge in [0.2, 0.25) is 0 Å². The summed E-state index contributed by atoms with van der Waals surface area (Å²) in [6, 6.07) is 10.1. The maximum absolute atomic E-state index is 12.1. The number of rotatable bonds is 6. The molecule has 0 saturated heterocycles. The number of carbonyl (C=O) groups excluding carboxylic acids is 1. The molecule has 0 aromatic heterocycles. The number of benzene rings is 1. The van der Waals surface area contributed by atoms with Crippen LogP contribution in [-0.4, -0.2) is 25.3 Å². The molecule has 1 fully saturated rings. The highest BCUT2D eigenvalue weighted by atomic mass is 19.1. The van der Waals surface area contributed by atoms with Gasteiger partial charge < -0.3 is 10.6 Å². The van der Waals surface area contributed by atoms with Crippen molar-refractivity contribution in [2.24, 2.45) is 5.92 Å². The quantitative estimate of drug-likeness (QED) is 0.820. The zero-order valence-electron chi connectivity index (χ0n) is 12.5.